The Morgan fingerprint density at radius 3 is 2.52 bits per heavy atom. The number of nitrogens with zero attached hydrogens (tertiary/aromatic N) is 3. The summed E-state index contributed by atoms with van der Waals surface area (Å²) in [5, 5.41) is 4.58. The van der Waals surface area contributed by atoms with Crippen molar-refractivity contribution < 1.29 is 8.78 Å². The number of nitrogens with one attached hydrogen (secondary N) is 1. The van der Waals surface area contributed by atoms with Gasteiger partial charge in [-0.15, -0.1) is 11.3 Å². The Bertz CT molecular complexity index is 960. The molecule has 3 heterocycles. The van der Waals surface area contributed by atoms with Gasteiger partial charge in [-0.1, -0.05) is 13.8 Å². The molecular weight excluding hydrogens is 390 g/mol. The van der Waals surface area contributed by atoms with Crippen LogP contribution >= 0.6 is 11.3 Å². The zero-order valence-electron chi connectivity index (χ0n) is 16.8. The van der Waals surface area contributed by atoms with Crippen LogP contribution in [0.4, 0.5) is 14.6 Å². The number of rotatable bonds is 6. The second kappa shape index (κ2) is 8.71. The van der Waals surface area contributed by atoms with Crippen LogP contribution in [0.1, 0.15) is 37.1 Å². The van der Waals surface area contributed by atoms with E-state index < -0.39 is 11.6 Å². The molecule has 0 spiro atoms. The van der Waals surface area contributed by atoms with Crippen molar-refractivity contribution in [1.29, 1.82) is 0 Å². The van der Waals surface area contributed by atoms with Crippen LogP contribution in [-0.4, -0.2) is 29.1 Å². The number of benzene rings is 1. The fourth-order valence-corrected chi connectivity index (χ4v) is 5.12. The maximum Gasteiger partial charge on any atom is 0.140 e. The number of halogens is 2. The number of fused-ring (bicyclic) bond motifs is 1. The summed E-state index contributed by atoms with van der Waals surface area (Å²) in [7, 11) is 0. The van der Waals surface area contributed by atoms with Crippen LogP contribution in [0, 0.1) is 17.6 Å². The van der Waals surface area contributed by atoms with E-state index in [1.807, 2.05) is 0 Å². The average Bonchev–Trinajstić information content (AvgIpc) is 3.07. The molecular formula is C22H26F2N4S. The number of aromatic nitrogens is 2. The summed E-state index contributed by atoms with van der Waals surface area (Å²) in [5.41, 5.74) is 0.637. The second-order valence-electron chi connectivity index (χ2n) is 8.15. The molecule has 154 valence electrons. The van der Waals surface area contributed by atoms with Crippen LogP contribution in [-0.2, 0) is 13.0 Å². The number of piperidine rings is 1. The molecule has 4 nitrogen and oxygen atoms in total. The van der Waals surface area contributed by atoms with Crippen molar-refractivity contribution in [2.75, 3.05) is 18.0 Å². The molecule has 29 heavy (non-hydrogen) atoms. The minimum absolute atomic E-state index is 0.328. The number of thiophene rings is 1. The first kappa shape index (κ1) is 20.2. The van der Waals surface area contributed by atoms with Crippen LogP contribution in [0.15, 0.2) is 30.6 Å². The van der Waals surface area contributed by atoms with Crippen molar-refractivity contribution in [2.45, 2.75) is 45.7 Å². The molecule has 1 aliphatic rings. The summed E-state index contributed by atoms with van der Waals surface area (Å²) in [6, 6.07) is 6.25. The minimum Gasteiger partial charge on any atom is -0.356 e. The predicted octanol–water partition coefficient (Wildman–Crippen LogP) is 4.93. The van der Waals surface area contributed by atoms with E-state index in [-0.39, 0.29) is 0 Å². The summed E-state index contributed by atoms with van der Waals surface area (Å²) in [5.74, 6) is 0.578. The third kappa shape index (κ3) is 4.90. The van der Waals surface area contributed by atoms with Gasteiger partial charge in [0.15, 0.2) is 0 Å². The Balaban J connectivity index is 1.38. The predicted molar refractivity (Wildman–Crippen MR) is 114 cm³/mol. The van der Waals surface area contributed by atoms with Crippen molar-refractivity contribution in [2.24, 2.45) is 5.92 Å². The first-order valence-corrected chi connectivity index (χ1v) is 11.0. The molecule has 0 bridgehead atoms. The molecule has 0 aliphatic carbocycles. The third-order valence-electron chi connectivity index (χ3n) is 5.28. The highest BCUT2D eigenvalue weighted by Crippen LogP contribution is 2.32. The molecule has 0 amide bonds. The van der Waals surface area contributed by atoms with Crippen molar-refractivity contribution in [3.63, 3.8) is 0 Å². The third-order valence-corrected chi connectivity index (χ3v) is 6.35. The zero-order valence-corrected chi connectivity index (χ0v) is 17.6. The lowest BCUT2D eigenvalue weighted by Gasteiger charge is -2.33. The lowest BCUT2D eigenvalue weighted by Crippen LogP contribution is -2.42. The molecule has 1 aliphatic heterocycles. The van der Waals surface area contributed by atoms with Crippen LogP contribution in [0.25, 0.3) is 10.2 Å². The van der Waals surface area contributed by atoms with Gasteiger partial charge in [0.05, 0.1) is 5.39 Å². The highest BCUT2D eigenvalue weighted by molar-refractivity contribution is 7.18. The Kier molecular flexibility index (Phi) is 6.06. The molecule has 1 saturated heterocycles. The minimum atomic E-state index is -0.531. The summed E-state index contributed by atoms with van der Waals surface area (Å²) in [6.07, 6.45) is 4.65. The van der Waals surface area contributed by atoms with Crippen molar-refractivity contribution in [3.05, 3.63) is 52.7 Å². The van der Waals surface area contributed by atoms with E-state index in [1.54, 1.807) is 17.7 Å². The van der Waals surface area contributed by atoms with Crippen LogP contribution < -0.4 is 10.2 Å². The van der Waals surface area contributed by atoms with E-state index in [9.17, 15) is 8.78 Å². The smallest absolute Gasteiger partial charge is 0.140 e. The van der Waals surface area contributed by atoms with E-state index in [0.717, 1.165) is 54.5 Å². The molecule has 1 N–H and O–H groups in total. The van der Waals surface area contributed by atoms with Crippen molar-refractivity contribution in [3.8, 4) is 0 Å². The van der Waals surface area contributed by atoms with E-state index in [2.05, 4.69) is 40.1 Å². The van der Waals surface area contributed by atoms with Gasteiger partial charge in [-0.3, -0.25) is 0 Å². The van der Waals surface area contributed by atoms with Gasteiger partial charge in [-0.25, -0.2) is 18.7 Å². The Hall–Kier alpha value is -2.12. The average molecular weight is 417 g/mol. The van der Waals surface area contributed by atoms with Gasteiger partial charge in [-0.05, 0) is 48.9 Å². The molecule has 3 aromatic rings. The monoisotopic (exact) mass is 416 g/mol. The first-order valence-electron chi connectivity index (χ1n) is 10.1. The fraction of sp³-hybridized carbons (Fsp3) is 0.455. The topological polar surface area (TPSA) is 41.0 Å². The Labute approximate surface area is 174 Å². The Morgan fingerprint density at radius 2 is 1.83 bits per heavy atom. The quantitative estimate of drug-likeness (QED) is 0.619. The molecule has 1 aromatic carbocycles. The van der Waals surface area contributed by atoms with Crippen molar-refractivity contribution >= 4 is 27.4 Å². The van der Waals surface area contributed by atoms with Gasteiger partial charge >= 0.3 is 0 Å². The van der Waals surface area contributed by atoms with Gasteiger partial charge in [0.2, 0.25) is 0 Å². The molecule has 0 radical (unpaired) electrons. The number of anilines is 1. The largest absolute Gasteiger partial charge is 0.356 e. The maximum atomic E-state index is 13.3. The standard InChI is InChI=1S/C22H26F2N4S/c1-14(2)7-19-11-20-21(26-13-27-22(20)29-19)28-5-3-18(4-6-28)25-12-15-8-16(23)10-17(24)9-15/h8-11,13-14,18,25H,3-7,12H2,1-2H3. The lowest BCUT2D eigenvalue weighted by molar-refractivity contribution is 0.412. The molecule has 1 fully saturated rings. The molecule has 4 rings (SSSR count). The molecule has 7 heteroatoms. The number of hydrogen-bond donors (Lipinski definition) is 1. The van der Waals surface area contributed by atoms with Crippen LogP contribution in [0.2, 0.25) is 0 Å². The SMILES string of the molecule is CC(C)Cc1cc2c(N3CCC(NCc4cc(F)cc(F)c4)CC3)ncnc2s1. The normalized spacial score (nSPS) is 15.6. The van der Waals surface area contributed by atoms with Gasteiger partial charge in [0, 0.05) is 36.6 Å². The molecule has 0 atom stereocenters. The fourth-order valence-electron chi connectivity index (χ4n) is 3.92. The second-order valence-corrected chi connectivity index (χ2v) is 9.26. The highest BCUT2D eigenvalue weighted by atomic mass is 32.1. The summed E-state index contributed by atoms with van der Waals surface area (Å²) < 4.78 is 26.7. The maximum absolute atomic E-state index is 13.3. The van der Waals surface area contributed by atoms with Crippen molar-refractivity contribution in [1.82, 2.24) is 15.3 Å². The summed E-state index contributed by atoms with van der Waals surface area (Å²) in [6.45, 7) is 6.73. The Morgan fingerprint density at radius 1 is 1.10 bits per heavy atom. The van der Waals surface area contributed by atoms with Gasteiger partial charge in [0.25, 0.3) is 0 Å². The summed E-state index contributed by atoms with van der Waals surface area (Å²) in [4.78, 5) is 13.8. The van der Waals surface area contributed by atoms with Crippen LogP contribution in [0.5, 0.6) is 0 Å². The van der Waals surface area contributed by atoms with E-state index in [0.29, 0.717) is 24.1 Å². The lowest BCUT2D eigenvalue weighted by atomic mass is 10.0. The van der Waals surface area contributed by atoms with Gasteiger partial charge < -0.3 is 10.2 Å². The zero-order chi connectivity index (χ0) is 20.4. The first-order chi connectivity index (χ1) is 14.0. The molecule has 0 unspecified atom stereocenters. The molecule has 0 saturated carbocycles. The molecule has 2 aromatic heterocycles. The van der Waals surface area contributed by atoms with E-state index in [4.69, 9.17) is 0 Å². The highest BCUT2D eigenvalue weighted by Gasteiger charge is 2.22. The van der Waals surface area contributed by atoms with Gasteiger partial charge in [0.1, 0.15) is 28.6 Å². The number of hydrogen-bond acceptors (Lipinski definition) is 5. The van der Waals surface area contributed by atoms with E-state index >= 15 is 0 Å². The summed E-state index contributed by atoms with van der Waals surface area (Å²) >= 11 is 1.76. The van der Waals surface area contributed by atoms with Gasteiger partial charge in [-0.2, -0.15) is 0 Å². The van der Waals surface area contributed by atoms with E-state index in [1.165, 1.54) is 17.0 Å². The van der Waals surface area contributed by atoms with Crippen LogP contribution in [0.3, 0.4) is 0 Å².